The first kappa shape index (κ1) is 20.6. The van der Waals surface area contributed by atoms with Gasteiger partial charge in [0.2, 0.25) is 11.8 Å². The van der Waals surface area contributed by atoms with Gasteiger partial charge in [0.25, 0.3) is 0 Å². The van der Waals surface area contributed by atoms with E-state index in [1.165, 1.54) is 18.2 Å². The summed E-state index contributed by atoms with van der Waals surface area (Å²) in [5, 5.41) is 5.58. The number of rotatable bonds is 7. The molecule has 2 amide bonds. The lowest BCUT2D eigenvalue weighted by atomic mass is 9.98. The Morgan fingerprint density at radius 2 is 1.67 bits per heavy atom. The van der Waals surface area contributed by atoms with Crippen LogP contribution in [-0.2, 0) is 9.59 Å². The topological polar surface area (TPSA) is 61.4 Å². The van der Waals surface area contributed by atoms with E-state index in [1.807, 2.05) is 25.1 Å². The molecule has 0 aliphatic rings. The Hall–Kier alpha value is -2.73. The van der Waals surface area contributed by atoms with Crippen LogP contribution in [0.15, 0.2) is 42.5 Å². The van der Waals surface area contributed by atoms with Crippen molar-refractivity contribution < 1.29 is 14.0 Å². The summed E-state index contributed by atoms with van der Waals surface area (Å²) in [6, 6.07) is 11.6. The van der Waals surface area contributed by atoms with Crippen molar-refractivity contribution in [1.29, 1.82) is 0 Å². The molecule has 0 heterocycles. The van der Waals surface area contributed by atoms with Gasteiger partial charge in [-0.25, -0.2) is 4.39 Å². The number of anilines is 2. The van der Waals surface area contributed by atoms with Crippen LogP contribution in [0, 0.1) is 12.7 Å². The fourth-order valence-electron chi connectivity index (χ4n) is 2.83. The molecule has 2 aromatic carbocycles. The fourth-order valence-corrected chi connectivity index (χ4v) is 2.83. The number of nitrogens with zero attached hydrogens (tertiary/aromatic N) is 1. The molecule has 0 atom stereocenters. The van der Waals surface area contributed by atoms with Gasteiger partial charge in [0.1, 0.15) is 5.82 Å². The molecule has 2 N–H and O–H groups in total. The molecule has 0 aliphatic heterocycles. The van der Waals surface area contributed by atoms with Crippen molar-refractivity contribution in [2.45, 2.75) is 26.7 Å². The van der Waals surface area contributed by atoms with E-state index in [9.17, 15) is 14.0 Å². The Labute approximate surface area is 159 Å². The van der Waals surface area contributed by atoms with Crippen molar-refractivity contribution in [3.05, 3.63) is 59.4 Å². The molecule has 0 fully saturated rings. The van der Waals surface area contributed by atoms with E-state index in [1.54, 1.807) is 18.0 Å². The van der Waals surface area contributed by atoms with Gasteiger partial charge in [-0.2, -0.15) is 0 Å². The molecule has 144 valence electrons. The third-order valence-corrected chi connectivity index (χ3v) is 4.13. The molecular weight excluding hydrogens is 345 g/mol. The number of carbonyl (C=O) groups is 2. The molecule has 27 heavy (non-hydrogen) atoms. The minimum Gasteiger partial charge on any atom is -0.325 e. The number of nitrogens with one attached hydrogen (secondary N) is 2. The lowest BCUT2D eigenvalue weighted by molar-refractivity contribution is -0.119. The summed E-state index contributed by atoms with van der Waals surface area (Å²) in [7, 11) is 1.69. The molecule has 2 aromatic rings. The monoisotopic (exact) mass is 371 g/mol. The molecule has 0 aromatic heterocycles. The first-order chi connectivity index (χ1) is 12.8. The predicted octanol–water partition coefficient (Wildman–Crippen LogP) is 3.77. The van der Waals surface area contributed by atoms with E-state index >= 15 is 0 Å². The molecule has 5 nitrogen and oxygen atoms in total. The summed E-state index contributed by atoms with van der Waals surface area (Å²) in [5.41, 5.74) is 3.30. The summed E-state index contributed by atoms with van der Waals surface area (Å²) in [6.45, 7) is 6.20. The van der Waals surface area contributed by atoms with Gasteiger partial charge in [0.15, 0.2) is 0 Å². The summed E-state index contributed by atoms with van der Waals surface area (Å²) in [4.78, 5) is 26.1. The van der Waals surface area contributed by atoms with Crippen molar-refractivity contribution in [2.24, 2.45) is 0 Å². The lowest BCUT2D eigenvalue weighted by Gasteiger charge is -2.19. The number of carbonyl (C=O) groups excluding carboxylic acids is 2. The Balaban J connectivity index is 1.91. The standard InChI is InChI=1S/C21H26FN3O2/c1-14(2)18-10-5-7-15(3)21(18)24-20(27)13-25(4)12-19(26)23-17-9-6-8-16(22)11-17/h5-11,14H,12-13H2,1-4H3,(H,23,26)(H,24,27). The normalized spacial score (nSPS) is 10.9. The lowest BCUT2D eigenvalue weighted by Crippen LogP contribution is -2.36. The van der Waals surface area contributed by atoms with Gasteiger partial charge in [-0.3, -0.25) is 14.5 Å². The van der Waals surface area contributed by atoms with E-state index in [-0.39, 0.29) is 30.8 Å². The Morgan fingerprint density at radius 3 is 2.30 bits per heavy atom. The quantitative estimate of drug-likeness (QED) is 0.779. The minimum atomic E-state index is -0.417. The maximum Gasteiger partial charge on any atom is 0.238 e. The molecule has 0 aliphatic carbocycles. The van der Waals surface area contributed by atoms with E-state index in [0.29, 0.717) is 5.69 Å². The highest BCUT2D eigenvalue weighted by Crippen LogP contribution is 2.27. The number of halogens is 1. The number of benzene rings is 2. The highest BCUT2D eigenvalue weighted by atomic mass is 19.1. The van der Waals surface area contributed by atoms with Gasteiger partial charge in [-0.05, 0) is 49.2 Å². The zero-order valence-electron chi connectivity index (χ0n) is 16.2. The zero-order valence-corrected chi connectivity index (χ0v) is 16.2. The van der Waals surface area contributed by atoms with E-state index < -0.39 is 5.82 Å². The highest BCUT2D eigenvalue weighted by molar-refractivity contribution is 5.95. The van der Waals surface area contributed by atoms with Crippen molar-refractivity contribution in [2.75, 3.05) is 30.8 Å². The molecule has 6 heteroatoms. The smallest absolute Gasteiger partial charge is 0.238 e. The third kappa shape index (κ3) is 6.18. The number of aryl methyl sites for hydroxylation is 1. The van der Waals surface area contributed by atoms with E-state index in [4.69, 9.17) is 0 Å². The predicted molar refractivity (Wildman–Crippen MR) is 106 cm³/mol. The molecule has 0 radical (unpaired) electrons. The second kappa shape index (κ2) is 9.28. The number of hydrogen-bond acceptors (Lipinski definition) is 3. The average molecular weight is 371 g/mol. The first-order valence-corrected chi connectivity index (χ1v) is 8.89. The van der Waals surface area contributed by atoms with Crippen LogP contribution in [0.3, 0.4) is 0 Å². The van der Waals surface area contributed by atoms with Gasteiger partial charge < -0.3 is 10.6 Å². The van der Waals surface area contributed by atoms with Crippen LogP contribution in [0.1, 0.15) is 30.9 Å². The van der Waals surface area contributed by atoms with Crippen LogP contribution >= 0.6 is 0 Å². The second-order valence-corrected chi connectivity index (χ2v) is 6.97. The fraction of sp³-hybridized carbons (Fsp3) is 0.333. The van der Waals surface area contributed by atoms with Gasteiger partial charge in [-0.1, -0.05) is 38.1 Å². The average Bonchev–Trinajstić information content (AvgIpc) is 2.56. The van der Waals surface area contributed by atoms with E-state index in [0.717, 1.165) is 16.8 Å². The zero-order chi connectivity index (χ0) is 20.0. The van der Waals surface area contributed by atoms with Gasteiger partial charge >= 0.3 is 0 Å². The van der Waals surface area contributed by atoms with E-state index in [2.05, 4.69) is 24.5 Å². The summed E-state index contributed by atoms with van der Waals surface area (Å²) in [6.07, 6.45) is 0. The molecule has 0 saturated heterocycles. The largest absolute Gasteiger partial charge is 0.325 e. The summed E-state index contributed by atoms with van der Waals surface area (Å²) < 4.78 is 13.2. The Morgan fingerprint density at radius 1 is 1.04 bits per heavy atom. The first-order valence-electron chi connectivity index (χ1n) is 8.89. The number of amides is 2. The summed E-state index contributed by atoms with van der Waals surface area (Å²) >= 11 is 0. The van der Waals surface area contributed by atoms with Crippen LogP contribution in [-0.4, -0.2) is 36.9 Å². The van der Waals surface area contributed by atoms with Crippen LogP contribution in [0.25, 0.3) is 0 Å². The van der Waals surface area contributed by atoms with Crippen LogP contribution in [0.4, 0.5) is 15.8 Å². The SMILES string of the molecule is Cc1cccc(C(C)C)c1NC(=O)CN(C)CC(=O)Nc1cccc(F)c1. The Bertz CT molecular complexity index is 821. The third-order valence-electron chi connectivity index (χ3n) is 4.13. The molecule has 0 saturated carbocycles. The van der Waals surface area contributed by atoms with Crippen molar-refractivity contribution in [1.82, 2.24) is 4.90 Å². The van der Waals surface area contributed by atoms with Crippen LogP contribution in [0.2, 0.25) is 0 Å². The maximum absolute atomic E-state index is 13.2. The number of likely N-dealkylation sites (N-methyl/N-ethyl adjacent to an activating group) is 1. The molecular formula is C21H26FN3O2. The molecule has 2 rings (SSSR count). The highest BCUT2D eigenvalue weighted by Gasteiger charge is 2.15. The van der Waals surface area contributed by atoms with Gasteiger partial charge in [0, 0.05) is 11.4 Å². The maximum atomic E-state index is 13.2. The van der Waals surface area contributed by atoms with Gasteiger partial charge in [0.05, 0.1) is 13.1 Å². The Kier molecular flexibility index (Phi) is 7.07. The molecule has 0 bridgehead atoms. The number of para-hydroxylation sites is 1. The van der Waals surface area contributed by atoms with Crippen molar-refractivity contribution >= 4 is 23.2 Å². The van der Waals surface area contributed by atoms with Gasteiger partial charge in [-0.15, -0.1) is 0 Å². The van der Waals surface area contributed by atoms with Crippen molar-refractivity contribution in [3.63, 3.8) is 0 Å². The molecule has 0 unspecified atom stereocenters. The van der Waals surface area contributed by atoms with Crippen LogP contribution in [0.5, 0.6) is 0 Å². The number of hydrogen-bond donors (Lipinski definition) is 2. The minimum absolute atomic E-state index is 0.0226. The second-order valence-electron chi connectivity index (χ2n) is 6.97. The molecule has 0 spiro atoms. The van der Waals surface area contributed by atoms with Crippen molar-refractivity contribution in [3.8, 4) is 0 Å². The summed E-state index contributed by atoms with van der Waals surface area (Å²) in [5.74, 6) is -0.628. The van der Waals surface area contributed by atoms with Crippen LogP contribution < -0.4 is 10.6 Å².